The van der Waals surface area contributed by atoms with E-state index in [-0.39, 0.29) is 0 Å². The number of fused-ring (bicyclic) bond motifs is 1. The van der Waals surface area contributed by atoms with Gasteiger partial charge in [-0.3, -0.25) is 0 Å². The fraction of sp³-hybridized carbons (Fsp3) is 0.200. The van der Waals surface area contributed by atoms with E-state index in [1.54, 1.807) is 6.92 Å². The second kappa shape index (κ2) is 1.88. The van der Waals surface area contributed by atoms with E-state index in [1.807, 2.05) is 0 Å². The molecule has 0 saturated heterocycles. The molecule has 0 amide bonds. The first-order chi connectivity index (χ1) is 5.20. The highest BCUT2D eigenvalue weighted by molar-refractivity contribution is 6.34. The van der Waals surface area contributed by atoms with Crippen LogP contribution >= 0.6 is 11.6 Å². The zero-order valence-corrected chi connectivity index (χ0v) is 6.34. The van der Waals surface area contributed by atoms with Crippen LogP contribution in [-0.2, 0) is 0 Å². The first-order valence-electron chi connectivity index (χ1n) is 2.92. The summed E-state index contributed by atoms with van der Waals surface area (Å²) >= 11 is 5.74. The van der Waals surface area contributed by atoms with Crippen LogP contribution in [0.25, 0.3) is 5.65 Å². The Labute approximate surface area is 65.5 Å². The molecular formula is C5H4ClN3O2. The van der Waals surface area contributed by atoms with Gasteiger partial charge >= 0.3 is 5.76 Å². The van der Waals surface area contributed by atoms with Crippen molar-refractivity contribution >= 4 is 17.2 Å². The number of hydrogen-bond acceptors (Lipinski definition) is 3. The molecule has 0 spiro atoms. The average Bonchev–Trinajstić information content (AvgIpc) is 2.43. The number of hydrogen-bond donors (Lipinski definition) is 1. The van der Waals surface area contributed by atoms with Crippen molar-refractivity contribution < 1.29 is 4.52 Å². The van der Waals surface area contributed by atoms with Crippen LogP contribution in [0.2, 0.25) is 5.02 Å². The van der Waals surface area contributed by atoms with Crippen molar-refractivity contribution in [3.05, 3.63) is 21.3 Å². The van der Waals surface area contributed by atoms with Gasteiger partial charge in [0.15, 0.2) is 5.65 Å². The van der Waals surface area contributed by atoms with E-state index >= 15 is 0 Å². The molecule has 0 fully saturated rings. The van der Waals surface area contributed by atoms with Crippen molar-refractivity contribution in [2.75, 3.05) is 0 Å². The number of rotatable bonds is 0. The summed E-state index contributed by atoms with van der Waals surface area (Å²) in [4.78, 5) is 10.8. The van der Waals surface area contributed by atoms with Gasteiger partial charge in [-0.1, -0.05) is 11.6 Å². The van der Waals surface area contributed by atoms with E-state index in [9.17, 15) is 4.79 Å². The van der Waals surface area contributed by atoms with Crippen LogP contribution < -0.4 is 5.76 Å². The van der Waals surface area contributed by atoms with Gasteiger partial charge in [-0.25, -0.2) is 4.79 Å². The molecule has 0 radical (unpaired) electrons. The van der Waals surface area contributed by atoms with E-state index in [1.165, 1.54) is 0 Å². The maximum absolute atomic E-state index is 10.8. The normalized spacial score (nSPS) is 11.1. The van der Waals surface area contributed by atoms with Gasteiger partial charge < -0.3 is 4.52 Å². The zero-order chi connectivity index (χ0) is 8.01. The van der Waals surface area contributed by atoms with Crippen molar-refractivity contribution in [1.29, 1.82) is 0 Å². The lowest BCUT2D eigenvalue weighted by atomic mass is 10.5. The monoisotopic (exact) mass is 173 g/mol. The third kappa shape index (κ3) is 0.711. The Kier molecular flexibility index (Phi) is 1.11. The first kappa shape index (κ1) is 6.48. The van der Waals surface area contributed by atoms with Crippen LogP contribution in [0.1, 0.15) is 5.69 Å². The summed E-state index contributed by atoms with van der Waals surface area (Å²) in [7, 11) is 0. The molecule has 0 aliphatic rings. The molecule has 5 nitrogen and oxygen atoms in total. The SMILES string of the molecule is Cc1nn2c(=O)o[nH]c2c1Cl. The van der Waals surface area contributed by atoms with Gasteiger partial charge in [-0.05, 0) is 6.92 Å². The first-order valence-corrected chi connectivity index (χ1v) is 3.30. The van der Waals surface area contributed by atoms with Crippen molar-refractivity contribution in [2.24, 2.45) is 0 Å². The Morgan fingerprint density at radius 3 is 3.09 bits per heavy atom. The number of H-pyrrole nitrogens is 1. The smallest absolute Gasteiger partial charge is 0.321 e. The molecule has 11 heavy (non-hydrogen) atoms. The van der Waals surface area contributed by atoms with Gasteiger partial charge in [-0.2, -0.15) is 10.3 Å². The standard InChI is InChI=1S/C5H4ClN3O2/c1-2-3(6)4-8-11-5(10)9(4)7-2/h8H,1H3. The van der Waals surface area contributed by atoms with E-state index in [2.05, 4.69) is 14.8 Å². The minimum absolute atomic E-state index is 0.397. The molecule has 0 bridgehead atoms. The van der Waals surface area contributed by atoms with Crippen molar-refractivity contribution in [2.45, 2.75) is 6.92 Å². The molecule has 0 unspecified atom stereocenters. The fourth-order valence-electron chi connectivity index (χ4n) is 0.864. The molecule has 6 heteroatoms. The maximum atomic E-state index is 10.8. The summed E-state index contributed by atoms with van der Waals surface area (Å²) in [6.45, 7) is 1.71. The van der Waals surface area contributed by atoms with Gasteiger partial charge in [0.1, 0.15) is 5.02 Å². The highest BCUT2D eigenvalue weighted by Crippen LogP contribution is 2.16. The lowest BCUT2D eigenvalue weighted by molar-refractivity contribution is 0.383. The predicted molar refractivity (Wildman–Crippen MR) is 37.8 cm³/mol. The molecule has 0 saturated carbocycles. The van der Waals surface area contributed by atoms with Gasteiger partial charge in [0, 0.05) is 0 Å². The predicted octanol–water partition coefficient (Wildman–Crippen LogP) is 0.577. The Morgan fingerprint density at radius 1 is 1.73 bits per heavy atom. The van der Waals surface area contributed by atoms with Gasteiger partial charge in [-0.15, -0.1) is 4.52 Å². The number of aromatic amines is 1. The minimum Gasteiger partial charge on any atom is -0.321 e. The number of aromatic nitrogens is 3. The molecule has 58 valence electrons. The molecule has 0 aromatic carbocycles. The molecule has 0 atom stereocenters. The summed E-state index contributed by atoms with van der Waals surface area (Å²) in [5.41, 5.74) is 1.000. The minimum atomic E-state index is -0.560. The summed E-state index contributed by atoms with van der Waals surface area (Å²) < 4.78 is 5.51. The van der Waals surface area contributed by atoms with Gasteiger partial charge in [0.25, 0.3) is 0 Å². The molecule has 0 aliphatic carbocycles. The van der Waals surface area contributed by atoms with Crippen molar-refractivity contribution in [3.63, 3.8) is 0 Å². The van der Waals surface area contributed by atoms with Crippen molar-refractivity contribution in [1.82, 2.24) is 14.8 Å². The average molecular weight is 174 g/mol. The van der Waals surface area contributed by atoms with E-state index in [0.717, 1.165) is 4.52 Å². The number of nitrogens with zero attached hydrogens (tertiary/aromatic N) is 2. The summed E-state index contributed by atoms with van der Waals surface area (Å²) in [5, 5.41) is 6.59. The highest BCUT2D eigenvalue weighted by Gasteiger charge is 2.10. The van der Waals surface area contributed by atoms with E-state index in [0.29, 0.717) is 16.4 Å². The largest absolute Gasteiger partial charge is 0.461 e. The van der Waals surface area contributed by atoms with Gasteiger partial charge in [0.05, 0.1) is 5.69 Å². The quantitative estimate of drug-likeness (QED) is 0.634. The van der Waals surface area contributed by atoms with Crippen molar-refractivity contribution in [3.8, 4) is 0 Å². The Morgan fingerprint density at radius 2 is 2.45 bits per heavy atom. The van der Waals surface area contributed by atoms with Crippen LogP contribution in [0.15, 0.2) is 9.32 Å². The van der Waals surface area contributed by atoms with Crippen LogP contribution in [0.5, 0.6) is 0 Å². The third-order valence-corrected chi connectivity index (χ3v) is 1.85. The summed E-state index contributed by atoms with van der Waals surface area (Å²) in [5.74, 6) is -0.560. The summed E-state index contributed by atoms with van der Waals surface area (Å²) in [6, 6.07) is 0. The number of aryl methyl sites for hydroxylation is 1. The maximum Gasteiger partial charge on any atom is 0.461 e. The van der Waals surface area contributed by atoms with Gasteiger partial charge in [0.2, 0.25) is 0 Å². The Balaban J connectivity index is 3.05. The molecule has 1 N–H and O–H groups in total. The molecule has 0 aliphatic heterocycles. The second-order valence-electron chi connectivity index (χ2n) is 2.13. The topological polar surface area (TPSA) is 63.3 Å². The molecule has 2 rings (SSSR count). The molecule has 2 aromatic rings. The Hall–Kier alpha value is -1.23. The second-order valence-corrected chi connectivity index (χ2v) is 2.51. The van der Waals surface area contributed by atoms with E-state index in [4.69, 9.17) is 11.6 Å². The lowest BCUT2D eigenvalue weighted by Gasteiger charge is -1.77. The Bertz CT molecular complexity index is 452. The highest BCUT2D eigenvalue weighted by atomic mass is 35.5. The van der Waals surface area contributed by atoms with E-state index < -0.39 is 5.76 Å². The third-order valence-electron chi connectivity index (χ3n) is 1.40. The zero-order valence-electron chi connectivity index (χ0n) is 5.59. The van der Waals surface area contributed by atoms with Crippen LogP contribution in [0.3, 0.4) is 0 Å². The van der Waals surface area contributed by atoms with Crippen LogP contribution in [-0.4, -0.2) is 14.8 Å². The molecular weight excluding hydrogens is 170 g/mol. The lowest BCUT2D eigenvalue weighted by Crippen LogP contribution is -2.05. The van der Waals surface area contributed by atoms with Crippen LogP contribution in [0, 0.1) is 6.92 Å². The number of halogens is 1. The fourth-order valence-corrected chi connectivity index (χ4v) is 1.02. The molecule has 2 heterocycles. The molecule has 2 aromatic heterocycles. The number of nitrogens with one attached hydrogen (secondary N) is 1. The summed E-state index contributed by atoms with van der Waals surface area (Å²) in [6.07, 6.45) is 0. The van der Waals surface area contributed by atoms with Crippen LogP contribution in [0.4, 0.5) is 0 Å².